The van der Waals surface area contributed by atoms with E-state index in [0.717, 1.165) is 9.13 Å². The van der Waals surface area contributed by atoms with Crippen LogP contribution in [0.5, 0.6) is 5.88 Å². The number of furan rings is 1. The fourth-order valence-corrected chi connectivity index (χ4v) is 2.96. The topological polar surface area (TPSA) is 140 Å². The Morgan fingerprint density at radius 3 is 2.48 bits per heavy atom. The second kappa shape index (κ2) is 5.53. The quantitative estimate of drug-likeness (QED) is 0.474. The fraction of sp³-hybridized carbons (Fsp3) is 0.118. The molecule has 0 amide bonds. The molecule has 3 aromatic heterocycles. The average molecular weight is 368 g/mol. The first-order chi connectivity index (χ1) is 12.8. The normalized spacial score (nSPS) is 11.3. The zero-order valence-corrected chi connectivity index (χ0v) is 14.1. The van der Waals surface area contributed by atoms with Crippen LogP contribution in [-0.4, -0.2) is 24.2 Å². The Balaban J connectivity index is 2.09. The van der Waals surface area contributed by atoms with Crippen molar-refractivity contribution in [2.45, 2.75) is 0 Å². The van der Waals surface area contributed by atoms with Crippen molar-refractivity contribution in [1.29, 1.82) is 0 Å². The molecule has 0 spiro atoms. The number of fused-ring (bicyclic) bond motifs is 3. The molecule has 10 heteroatoms. The standard InChI is InChI=1S/C17H12N4O6/c1-20-14(23)10(15(24)21(2)17(20)26)7-3-5-8-9(6-4-7)27-13-11(8)12(22)18-16(25)19-13/h3-6,23H,1-2H3,(H,18,22,25). The smallest absolute Gasteiger partial charge is 0.351 e. The van der Waals surface area contributed by atoms with Crippen molar-refractivity contribution in [3.63, 3.8) is 0 Å². The maximum atomic E-state index is 12.5. The van der Waals surface area contributed by atoms with Crippen molar-refractivity contribution in [2.75, 3.05) is 0 Å². The summed E-state index contributed by atoms with van der Waals surface area (Å²) in [5.74, 6) is -0.480. The molecule has 136 valence electrons. The zero-order chi connectivity index (χ0) is 19.5. The van der Waals surface area contributed by atoms with E-state index in [-0.39, 0.29) is 22.2 Å². The summed E-state index contributed by atoms with van der Waals surface area (Å²) in [4.78, 5) is 53.5. The Morgan fingerprint density at radius 2 is 1.74 bits per heavy atom. The van der Waals surface area contributed by atoms with E-state index in [9.17, 15) is 24.3 Å². The molecule has 0 aliphatic heterocycles. The Labute approximate surface area is 148 Å². The number of aromatic hydroxyl groups is 1. The van der Waals surface area contributed by atoms with Crippen LogP contribution >= 0.6 is 0 Å². The Kier molecular flexibility index (Phi) is 3.38. The van der Waals surface area contributed by atoms with Crippen molar-refractivity contribution in [3.8, 4) is 17.0 Å². The molecule has 0 saturated carbocycles. The van der Waals surface area contributed by atoms with Crippen molar-refractivity contribution < 1.29 is 9.52 Å². The lowest BCUT2D eigenvalue weighted by molar-refractivity contribution is 0.414. The maximum absolute atomic E-state index is 12.5. The van der Waals surface area contributed by atoms with Gasteiger partial charge in [-0.3, -0.25) is 23.7 Å². The van der Waals surface area contributed by atoms with Crippen LogP contribution in [0.3, 0.4) is 0 Å². The highest BCUT2D eigenvalue weighted by Crippen LogP contribution is 2.28. The van der Waals surface area contributed by atoms with Crippen molar-refractivity contribution in [1.82, 2.24) is 19.1 Å². The van der Waals surface area contributed by atoms with Crippen LogP contribution in [0.15, 0.2) is 47.9 Å². The predicted molar refractivity (Wildman–Crippen MR) is 96.0 cm³/mol. The minimum Gasteiger partial charge on any atom is -0.494 e. The Hall–Kier alpha value is -3.95. The highest BCUT2D eigenvalue weighted by Gasteiger charge is 2.17. The molecule has 0 unspecified atom stereocenters. The summed E-state index contributed by atoms with van der Waals surface area (Å²) in [5, 5.41) is 10.8. The first-order valence-electron chi connectivity index (χ1n) is 7.76. The van der Waals surface area contributed by atoms with E-state index in [0.29, 0.717) is 10.9 Å². The SMILES string of the molecule is Cn1c(O)c(-c2ccc3oc4nc(=O)[nH]c(=O)c4c3cc2)c(=O)n(C)c1=O. The van der Waals surface area contributed by atoms with Gasteiger partial charge in [0.05, 0.1) is 0 Å². The van der Waals surface area contributed by atoms with Gasteiger partial charge >= 0.3 is 11.4 Å². The van der Waals surface area contributed by atoms with E-state index < -0.39 is 28.4 Å². The van der Waals surface area contributed by atoms with Crippen LogP contribution < -0.4 is 22.5 Å². The predicted octanol–water partition coefficient (Wildman–Crippen LogP) is -0.201. The van der Waals surface area contributed by atoms with Gasteiger partial charge in [0.15, 0.2) is 0 Å². The number of aromatic amines is 1. The van der Waals surface area contributed by atoms with Gasteiger partial charge in [-0.1, -0.05) is 12.1 Å². The van der Waals surface area contributed by atoms with Crippen LogP contribution in [0.1, 0.15) is 0 Å². The molecule has 0 fully saturated rings. The van der Waals surface area contributed by atoms with Gasteiger partial charge < -0.3 is 9.52 Å². The summed E-state index contributed by atoms with van der Waals surface area (Å²) >= 11 is 0. The van der Waals surface area contributed by atoms with E-state index in [4.69, 9.17) is 4.42 Å². The average Bonchev–Trinajstić information content (AvgIpc) is 2.85. The number of H-pyrrole nitrogens is 1. The van der Waals surface area contributed by atoms with Gasteiger partial charge in [-0.05, 0) is 17.7 Å². The van der Waals surface area contributed by atoms with E-state index in [1.165, 1.54) is 38.4 Å². The first-order valence-corrected chi connectivity index (χ1v) is 7.76. The summed E-state index contributed by atoms with van der Waals surface area (Å²) in [6, 6.07) is 6.00. The van der Waals surface area contributed by atoms with E-state index in [2.05, 4.69) is 9.97 Å². The van der Waals surface area contributed by atoms with Gasteiger partial charge in [-0.15, -0.1) is 0 Å². The molecule has 0 bridgehead atoms. The fourth-order valence-electron chi connectivity index (χ4n) is 2.96. The molecule has 0 aliphatic rings. The second-order valence-corrected chi connectivity index (χ2v) is 5.96. The second-order valence-electron chi connectivity index (χ2n) is 5.96. The summed E-state index contributed by atoms with van der Waals surface area (Å²) in [5.41, 5.74) is -2.37. The van der Waals surface area contributed by atoms with Crippen molar-refractivity contribution in [3.05, 3.63) is 65.9 Å². The number of aromatic nitrogens is 4. The van der Waals surface area contributed by atoms with Gasteiger partial charge in [-0.25, -0.2) is 9.59 Å². The number of hydrogen-bond acceptors (Lipinski definition) is 7. The third-order valence-electron chi connectivity index (χ3n) is 4.37. The van der Waals surface area contributed by atoms with Gasteiger partial charge in [0.2, 0.25) is 11.6 Å². The largest absolute Gasteiger partial charge is 0.494 e. The highest BCUT2D eigenvalue weighted by molar-refractivity contribution is 6.02. The molecule has 2 N–H and O–H groups in total. The molecular formula is C17H12N4O6. The van der Waals surface area contributed by atoms with E-state index in [1.54, 1.807) is 0 Å². The Morgan fingerprint density at radius 1 is 1.04 bits per heavy atom. The van der Waals surface area contributed by atoms with E-state index >= 15 is 0 Å². The van der Waals surface area contributed by atoms with Crippen molar-refractivity contribution >= 4 is 22.1 Å². The summed E-state index contributed by atoms with van der Waals surface area (Å²) < 4.78 is 7.29. The lowest BCUT2D eigenvalue weighted by Crippen LogP contribution is -2.37. The third kappa shape index (κ3) is 2.30. The molecule has 0 radical (unpaired) electrons. The van der Waals surface area contributed by atoms with Crippen LogP contribution in [0.4, 0.5) is 0 Å². The Bertz CT molecular complexity index is 1490. The summed E-state index contributed by atoms with van der Waals surface area (Å²) in [6.07, 6.45) is 0. The van der Waals surface area contributed by atoms with E-state index in [1.807, 2.05) is 0 Å². The minimum atomic E-state index is -0.810. The molecule has 27 heavy (non-hydrogen) atoms. The number of nitrogens with zero attached hydrogens (tertiary/aromatic N) is 3. The maximum Gasteiger partial charge on any atom is 0.351 e. The highest BCUT2D eigenvalue weighted by atomic mass is 16.3. The summed E-state index contributed by atoms with van der Waals surface area (Å²) in [6.45, 7) is 0. The van der Waals surface area contributed by atoms with Gasteiger partial charge in [0, 0.05) is 19.5 Å². The molecule has 10 nitrogen and oxygen atoms in total. The molecule has 4 aromatic rings. The molecule has 1 aromatic carbocycles. The molecule has 0 atom stereocenters. The van der Waals surface area contributed by atoms with Crippen LogP contribution in [0, 0.1) is 0 Å². The molecule has 0 saturated heterocycles. The first kappa shape index (κ1) is 16.5. The van der Waals surface area contributed by atoms with Crippen LogP contribution in [0.25, 0.3) is 33.2 Å². The zero-order valence-electron chi connectivity index (χ0n) is 14.1. The lowest BCUT2D eigenvalue weighted by atomic mass is 10.1. The third-order valence-corrected chi connectivity index (χ3v) is 4.37. The number of rotatable bonds is 1. The molecular weight excluding hydrogens is 356 g/mol. The van der Waals surface area contributed by atoms with Crippen molar-refractivity contribution in [2.24, 2.45) is 14.1 Å². The number of hydrogen-bond donors (Lipinski definition) is 2. The molecule has 0 aliphatic carbocycles. The summed E-state index contributed by atoms with van der Waals surface area (Å²) in [7, 11) is 2.65. The monoisotopic (exact) mass is 368 g/mol. The van der Waals surface area contributed by atoms with Gasteiger partial charge in [0.25, 0.3) is 11.1 Å². The minimum absolute atomic E-state index is 0.0737. The van der Waals surface area contributed by atoms with Gasteiger partial charge in [-0.2, -0.15) is 4.98 Å². The van der Waals surface area contributed by atoms with Crippen LogP contribution in [-0.2, 0) is 14.1 Å². The van der Waals surface area contributed by atoms with Crippen LogP contribution in [0.2, 0.25) is 0 Å². The van der Waals surface area contributed by atoms with Gasteiger partial charge in [0.1, 0.15) is 16.5 Å². The molecule has 4 rings (SSSR count). The lowest BCUT2D eigenvalue weighted by Gasteiger charge is -2.09. The molecule has 3 heterocycles. The number of nitrogens with one attached hydrogen (secondary N) is 1.